The van der Waals surface area contributed by atoms with E-state index < -0.39 is 0 Å². The predicted molar refractivity (Wildman–Crippen MR) is 71.2 cm³/mol. The maximum Gasteiger partial charge on any atom is 0.00507 e. The molecule has 17 heavy (non-hydrogen) atoms. The van der Waals surface area contributed by atoms with Gasteiger partial charge in [0.25, 0.3) is 0 Å². The van der Waals surface area contributed by atoms with Crippen LogP contribution in [-0.4, -0.2) is 37.6 Å². The number of likely N-dealkylation sites (tertiary alicyclic amines) is 1. The molecular formula is C15H22N2. The van der Waals surface area contributed by atoms with E-state index in [9.17, 15) is 0 Å². The van der Waals surface area contributed by atoms with Gasteiger partial charge < -0.3 is 10.2 Å². The summed E-state index contributed by atoms with van der Waals surface area (Å²) in [6.45, 7) is 6.35. The molecule has 0 saturated carbocycles. The molecule has 0 aromatic heterocycles. The van der Waals surface area contributed by atoms with Gasteiger partial charge in [-0.2, -0.15) is 0 Å². The summed E-state index contributed by atoms with van der Waals surface area (Å²) >= 11 is 0. The normalized spacial score (nSPS) is 26.0. The number of nitrogens with zero attached hydrogens (tertiary/aromatic N) is 1. The van der Waals surface area contributed by atoms with Crippen LogP contribution in [0, 0.1) is 5.92 Å². The first-order chi connectivity index (χ1) is 8.42. The van der Waals surface area contributed by atoms with E-state index in [2.05, 4.69) is 40.5 Å². The van der Waals surface area contributed by atoms with Gasteiger partial charge in [-0.25, -0.2) is 0 Å². The summed E-state index contributed by atoms with van der Waals surface area (Å²) < 4.78 is 0. The van der Waals surface area contributed by atoms with Crippen LogP contribution in [0.5, 0.6) is 0 Å². The van der Waals surface area contributed by atoms with E-state index in [-0.39, 0.29) is 0 Å². The summed E-state index contributed by atoms with van der Waals surface area (Å²) in [6, 6.07) is 11.0. The molecule has 2 aliphatic heterocycles. The van der Waals surface area contributed by atoms with E-state index in [1.54, 1.807) is 0 Å². The lowest BCUT2D eigenvalue weighted by molar-refractivity contribution is 0.256. The lowest BCUT2D eigenvalue weighted by Crippen LogP contribution is -2.43. The molecular weight excluding hydrogens is 208 g/mol. The molecule has 2 aliphatic rings. The topological polar surface area (TPSA) is 15.3 Å². The Balaban J connectivity index is 1.48. The van der Waals surface area contributed by atoms with Crippen molar-refractivity contribution in [2.24, 2.45) is 5.92 Å². The van der Waals surface area contributed by atoms with Crippen molar-refractivity contribution in [2.45, 2.75) is 18.8 Å². The van der Waals surface area contributed by atoms with Crippen LogP contribution in [0.3, 0.4) is 0 Å². The van der Waals surface area contributed by atoms with Crippen LogP contribution in [0.25, 0.3) is 0 Å². The van der Waals surface area contributed by atoms with Crippen LogP contribution < -0.4 is 5.32 Å². The van der Waals surface area contributed by atoms with Gasteiger partial charge in [0, 0.05) is 6.54 Å². The van der Waals surface area contributed by atoms with Gasteiger partial charge in [0.15, 0.2) is 0 Å². The Bertz CT molecular complexity index is 345. The maximum atomic E-state index is 3.35. The molecule has 2 saturated heterocycles. The van der Waals surface area contributed by atoms with Gasteiger partial charge in [0.05, 0.1) is 0 Å². The van der Waals surface area contributed by atoms with Gasteiger partial charge in [-0.15, -0.1) is 0 Å². The lowest BCUT2D eigenvalue weighted by atomic mass is 9.98. The Hall–Kier alpha value is -0.860. The summed E-state index contributed by atoms with van der Waals surface area (Å²) in [7, 11) is 0. The number of hydrogen-bond donors (Lipinski definition) is 1. The van der Waals surface area contributed by atoms with Crippen molar-refractivity contribution in [1.29, 1.82) is 0 Å². The van der Waals surface area contributed by atoms with Crippen LogP contribution >= 0.6 is 0 Å². The summed E-state index contributed by atoms with van der Waals surface area (Å²) in [5.41, 5.74) is 1.53. The molecule has 1 N–H and O–H groups in total. The molecule has 2 nitrogen and oxygen atoms in total. The summed E-state index contributed by atoms with van der Waals surface area (Å²) in [5.74, 6) is 1.72. The average molecular weight is 230 g/mol. The van der Waals surface area contributed by atoms with E-state index in [1.165, 1.54) is 51.1 Å². The maximum absolute atomic E-state index is 3.35. The quantitative estimate of drug-likeness (QED) is 0.852. The Morgan fingerprint density at radius 1 is 1.18 bits per heavy atom. The summed E-state index contributed by atoms with van der Waals surface area (Å²) in [5, 5.41) is 3.35. The highest BCUT2D eigenvalue weighted by molar-refractivity contribution is 5.20. The molecule has 1 atom stereocenters. The molecule has 0 amide bonds. The first kappa shape index (κ1) is 11.2. The van der Waals surface area contributed by atoms with Gasteiger partial charge in [0.2, 0.25) is 0 Å². The molecule has 2 heterocycles. The first-order valence-electron chi connectivity index (χ1n) is 6.90. The Kier molecular flexibility index (Phi) is 3.44. The van der Waals surface area contributed by atoms with Crippen LogP contribution in [0.15, 0.2) is 30.3 Å². The Labute approximate surface area is 104 Å². The van der Waals surface area contributed by atoms with Crippen LogP contribution in [0.4, 0.5) is 0 Å². The summed E-state index contributed by atoms with van der Waals surface area (Å²) in [6.07, 6.45) is 2.72. The molecule has 92 valence electrons. The zero-order chi connectivity index (χ0) is 11.5. The minimum atomic E-state index is 0.774. The second kappa shape index (κ2) is 5.19. The Morgan fingerprint density at radius 2 is 2.00 bits per heavy atom. The highest BCUT2D eigenvalue weighted by Crippen LogP contribution is 2.27. The number of rotatable bonds is 4. The second-order valence-corrected chi connectivity index (χ2v) is 5.51. The van der Waals surface area contributed by atoms with Gasteiger partial charge in [-0.3, -0.25) is 0 Å². The van der Waals surface area contributed by atoms with Gasteiger partial charge >= 0.3 is 0 Å². The van der Waals surface area contributed by atoms with Crippen molar-refractivity contribution in [3.63, 3.8) is 0 Å². The molecule has 0 spiro atoms. The monoisotopic (exact) mass is 230 g/mol. The fourth-order valence-corrected chi connectivity index (χ4v) is 2.95. The molecule has 1 aromatic carbocycles. The molecule has 2 fully saturated rings. The van der Waals surface area contributed by atoms with Crippen molar-refractivity contribution >= 4 is 0 Å². The number of nitrogens with one attached hydrogen (secondary N) is 1. The zero-order valence-corrected chi connectivity index (χ0v) is 10.4. The lowest BCUT2D eigenvalue weighted by Gasteiger charge is -2.29. The van der Waals surface area contributed by atoms with Crippen LogP contribution in [-0.2, 0) is 0 Å². The van der Waals surface area contributed by atoms with Crippen molar-refractivity contribution in [1.82, 2.24) is 10.2 Å². The largest absolute Gasteiger partial charge is 0.316 e. The number of hydrogen-bond acceptors (Lipinski definition) is 2. The predicted octanol–water partition coefficient (Wildman–Crippen LogP) is 2.09. The van der Waals surface area contributed by atoms with Gasteiger partial charge in [0.1, 0.15) is 0 Å². The fourth-order valence-electron chi connectivity index (χ4n) is 2.95. The average Bonchev–Trinajstić information content (AvgIpc) is 2.77. The van der Waals surface area contributed by atoms with E-state index in [4.69, 9.17) is 0 Å². The molecule has 0 aliphatic carbocycles. The fraction of sp³-hybridized carbons (Fsp3) is 0.600. The third-order valence-electron chi connectivity index (χ3n) is 4.26. The highest BCUT2D eigenvalue weighted by atomic mass is 15.1. The zero-order valence-electron chi connectivity index (χ0n) is 10.4. The minimum Gasteiger partial charge on any atom is -0.316 e. The molecule has 2 heteroatoms. The first-order valence-corrected chi connectivity index (χ1v) is 6.90. The van der Waals surface area contributed by atoms with E-state index in [0.717, 1.165) is 11.8 Å². The van der Waals surface area contributed by atoms with Crippen molar-refractivity contribution in [3.05, 3.63) is 35.9 Å². The van der Waals surface area contributed by atoms with Crippen LogP contribution in [0.2, 0.25) is 0 Å². The Morgan fingerprint density at radius 3 is 2.71 bits per heavy atom. The molecule has 3 rings (SSSR count). The molecule has 0 bridgehead atoms. The van der Waals surface area contributed by atoms with Gasteiger partial charge in [-0.05, 0) is 56.4 Å². The SMILES string of the molecule is c1ccc(C2CCN(CCC3CNC3)C2)cc1. The van der Waals surface area contributed by atoms with Crippen LogP contribution in [0.1, 0.15) is 24.3 Å². The third-order valence-corrected chi connectivity index (χ3v) is 4.26. The van der Waals surface area contributed by atoms with Gasteiger partial charge in [-0.1, -0.05) is 30.3 Å². The van der Waals surface area contributed by atoms with E-state index in [0.29, 0.717) is 0 Å². The smallest absolute Gasteiger partial charge is 0.00507 e. The molecule has 1 aromatic rings. The van der Waals surface area contributed by atoms with Crippen molar-refractivity contribution in [3.8, 4) is 0 Å². The van der Waals surface area contributed by atoms with Crippen molar-refractivity contribution in [2.75, 3.05) is 32.7 Å². The second-order valence-electron chi connectivity index (χ2n) is 5.51. The van der Waals surface area contributed by atoms with E-state index in [1.807, 2.05) is 0 Å². The standard InChI is InChI=1S/C15H22N2/c1-2-4-14(5-3-1)15-7-9-17(12-15)8-6-13-10-16-11-13/h1-5,13,15-16H,6-12H2. The van der Waals surface area contributed by atoms with Crippen molar-refractivity contribution < 1.29 is 0 Å². The third kappa shape index (κ3) is 2.70. The molecule has 0 radical (unpaired) electrons. The highest BCUT2D eigenvalue weighted by Gasteiger charge is 2.25. The minimum absolute atomic E-state index is 0.774. The summed E-state index contributed by atoms with van der Waals surface area (Å²) in [4.78, 5) is 2.65. The van der Waals surface area contributed by atoms with E-state index >= 15 is 0 Å². The molecule has 1 unspecified atom stereocenters. The number of benzene rings is 1.